The molecule has 4 aromatic rings. The molecule has 4 rings (SSSR count). The van der Waals surface area contributed by atoms with Crippen molar-refractivity contribution in [1.29, 1.82) is 0 Å². The molecule has 10 heteroatoms. The SMILES string of the molecule is Cc1c(/C=C/c2cc(CNC(C)(CO)C(=O)O)ccc2C(F)(F)F)cccc1-c1cn2ccnc2cn1. The van der Waals surface area contributed by atoms with Crippen molar-refractivity contribution in [2.75, 3.05) is 6.61 Å². The number of carboxylic acid groups (broad SMARTS) is 1. The molecule has 7 nitrogen and oxygen atoms in total. The molecule has 192 valence electrons. The second-order valence-corrected chi connectivity index (χ2v) is 8.89. The summed E-state index contributed by atoms with van der Waals surface area (Å²) in [6, 6.07) is 9.14. The number of fused-ring (bicyclic) bond motifs is 1. The summed E-state index contributed by atoms with van der Waals surface area (Å²) in [5.41, 5.74) is 1.76. The van der Waals surface area contributed by atoms with Gasteiger partial charge in [-0.05, 0) is 48.2 Å². The zero-order valence-electron chi connectivity index (χ0n) is 20.1. The van der Waals surface area contributed by atoms with E-state index in [2.05, 4.69) is 15.3 Å². The molecule has 2 aromatic heterocycles. The summed E-state index contributed by atoms with van der Waals surface area (Å²) >= 11 is 0. The van der Waals surface area contributed by atoms with E-state index in [0.29, 0.717) is 16.9 Å². The Morgan fingerprint density at radius 1 is 1.14 bits per heavy atom. The number of nitrogens with one attached hydrogen (secondary N) is 1. The lowest BCUT2D eigenvalue weighted by Crippen LogP contribution is -2.52. The molecule has 0 aliphatic heterocycles. The molecule has 0 amide bonds. The molecule has 0 saturated heterocycles. The fourth-order valence-corrected chi connectivity index (χ4v) is 3.87. The molecule has 0 saturated carbocycles. The third-order valence-corrected chi connectivity index (χ3v) is 6.27. The average molecular weight is 511 g/mol. The zero-order valence-corrected chi connectivity index (χ0v) is 20.1. The van der Waals surface area contributed by atoms with Gasteiger partial charge in [0, 0.05) is 30.7 Å². The number of carboxylic acids is 1. The quantitative estimate of drug-likeness (QED) is 0.294. The molecule has 1 atom stereocenters. The number of rotatable bonds is 8. The minimum Gasteiger partial charge on any atom is -0.480 e. The van der Waals surface area contributed by atoms with Crippen LogP contribution in [-0.2, 0) is 17.5 Å². The first kappa shape index (κ1) is 26.1. The van der Waals surface area contributed by atoms with Crippen LogP contribution in [0.5, 0.6) is 0 Å². The molecule has 1 unspecified atom stereocenters. The lowest BCUT2D eigenvalue weighted by atomic mass is 9.97. The van der Waals surface area contributed by atoms with Crippen LogP contribution in [0.25, 0.3) is 29.1 Å². The van der Waals surface area contributed by atoms with Crippen molar-refractivity contribution in [3.63, 3.8) is 0 Å². The highest BCUT2D eigenvalue weighted by Gasteiger charge is 2.34. The predicted molar refractivity (Wildman–Crippen MR) is 133 cm³/mol. The van der Waals surface area contributed by atoms with Crippen molar-refractivity contribution in [2.45, 2.75) is 32.1 Å². The van der Waals surface area contributed by atoms with Crippen LogP contribution in [0.4, 0.5) is 13.2 Å². The molecular weight excluding hydrogens is 485 g/mol. The number of aromatic nitrogens is 3. The van der Waals surface area contributed by atoms with E-state index in [4.69, 9.17) is 0 Å². The van der Waals surface area contributed by atoms with Crippen LogP contribution in [0.1, 0.15) is 34.7 Å². The van der Waals surface area contributed by atoms with Crippen LogP contribution < -0.4 is 5.32 Å². The highest BCUT2D eigenvalue weighted by atomic mass is 19.4. The number of nitrogens with zero attached hydrogens (tertiary/aromatic N) is 3. The maximum Gasteiger partial charge on any atom is 0.416 e. The lowest BCUT2D eigenvalue weighted by molar-refractivity contribution is -0.146. The number of benzene rings is 2. The van der Waals surface area contributed by atoms with Gasteiger partial charge in [0.25, 0.3) is 0 Å². The third kappa shape index (κ3) is 5.55. The minimum absolute atomic E-state index is 0.0424. The first-order valence-electron chi connectivity index (χ1n) is 11.4. The van der Waals surface area contributed by atoms with E-state index in [1.54, 1.807) is 24.7 Å². The number of hydrogen-bond donors (Lipinski definition) is 3. The van der Waals surface area contributed by atoms with Gasteiger partial charge in [-0.25, -0.2) is 4.98 Å². The Hall–Kier alpha value is -4.02. The second-order valence-electron chi connectivity index (χ2n) is 8.89. The van der Waals surface area contributed by atoms with E-state index < -0.39 is 29.9 Å². The standard InChI is InChI=1S/C27H25F3N4O3/c1-17-19(4-3-5-21(17)23-15-34-11-10-31-24(34)14-32-23)7-8-20-12-18(6-9-22(20)27(28,29)30)13-33-26(2,16-35)25(36)37/h3-12,14-15,33,35H,13,16H2,1-2H3,(H,36,37)/b8-7+. The van der Waals surface area contributed by atoms with Gasteiger partial charge >= 0.3 is 12.1 Å². The molecule has 0 radical (unpaired) electrons. The van der Waals surface area contributed by atoms with E-state index >= 15 is 0 Å². The summed E-state index contributed by atoms with van der Waals surface area (Å²) < 4.78 is 43.0. The molecule has 3 N–H and O–H groups in total. The monoisotopic (exact) mass is 510 g/mol. The average Bonchev–Trinajstić information content (AvgIpc) is 3.34. The van der Waals surface area contributed by atoms with Gasteiger partial charge in [-0.2, -0.15) is 13.2 Å². The molecule has 0 fully saturated rings. The van der Waals surface area contributed by atoms with Crippen molar-refractivity contribution in [2.24, 2.45) is 0 Å². The van der Waals surface area contributed by atoms with Crippen molar-refractivity contribution in [3.05, 3.63) is 89.0 Å². The Balaban J connectivity index is 1.67. The highest BCUT2D eigenvalue weighted by molar-refractivity contribution is 5.79. The summed E-state index contributed by atoms with van der Waals surface area (Å²) in [4.78, 5) is 20.1. The number of aliphatic hydroxyl groups excluding tert-OH is 1. The van der Waals surface area contributed by atoms with Crippen LogP contribution >= 0.6 is 0 Å². The van der Waals surface area contributed by atoms with Gasteiger partial charge in [0.1, 0.15) is 5.54 Å². The first-order chi connectivity index (χ1) is 17.5. The van der Waals surface area contributed by atoms with Crippen molar-refractivity contribution in [1.82, 2.24) is 19.7 Å². The maximum absolute atomic E-state index is 13.7. The highest BCUT2D eigenvalue weighted by Crippen LogP contribution is 2.34. The van der Waals surface area contributed by atoms with Crippen molar-refractivity contribution >= 4 is 23.8 Å². The van der Waals surface area contributed by atoms with E-state index in [1.165, 1.54) is 25.1 Å². The lowest BCUT2D eigenvalue weighted by Gasteiger charge is -2.24. The molecule has 2 heterocycles. The van der Waals surface area contributed by atoms with E-state index in [9.17, 15) is 28.2 Å². The van der Waals surface area contributed by atoms with Crippen LogP contribution in [0, 0.1) is 6.92 Å². The van der Waals surface area contributed by atoms with Gasteiger partial charge in [-0.1, -0.05) is 36.4 Å². The van der Waals surface area contributed by atoms with Gasteiger partial charge in [-0.15, -0.1) is 0 Å². The maximum atomic E-state index is 13.7. The normalized spacial score (nSPS) is 13.8. The Labute approximate surface area is 210 Å². The molecule has 0 aliphatic rings. The molecule has 0 spiro atoms. The summed E-state index contributed by atoms with van der Waals surface area (Å²) in [6.07, 6.45) is 5.40. The Morgan fingerprint density at radius 2 is 1.89 bits per heavy atom. The number of carbonyl (C=O) groups is 1. The number of aliphatic hydroxyl groups is 1. The van der Waals surface area contributed by atoms with Crippen LogP contribution in [0.3, 0.4) is 0 Å². The van der Waals surface area contributed by atoms with Gasteiger partial charge in [-0.3, -0.25) is 15.1 Å². The number of halogens is 3. The summed E-state index contributed by atoms with van der Waals surface area (Å²) in [7, 11) is 0. The summed E-state index contributed by atoms with van der Waals surface area (Å²) in [5, 5.41) is 21.4. The van der Waals surface area contributed by atoms with Crippen LogP contribution in [0.15, 0.2) is 61.2 Å². The third-order valence-electron chi connectivity index (χ3n) is 6.27. The smallest absolute Gasteiger partial charge is 0.416 e. The van der Waals surface area contributed by atoms with E-state index in [-0.39, 0.29) is 12.1 Å². The van der Waals surface area contributed by atoms with Gasteiger partial charge in [0.2, 0.25) is 0 Å². The fourth-order valence-electron chi connectivity index (χ4n) is 3.87. The number of imidazole rings is 1. The fraction of sp³-hybridized carbons (Fsp3) is 0.222. The van der Waals surface area contributed by atoms with E-state index in [1.807, 2.05) is 35.7 Å². The van der Waals surface area contributed by atoms with Gasteiger partial charge in [0.05, 0.1) is 24.1 Å². The molecule has 2 aromatic carbocycles. The summed E-state index contributed by atoms with van der Waals surface area (Å²) in [6.45, 7) is 2.46. The first-order valence-corrected chi connectivity index (χ1v) is 11.4. The van der Waals surface area contributed by atoms with E-state index in [0.717, 1.165) is 22.8 Å². The predicted octanol–water partition coefficient (Wildman–Crippen LogP) is 4.82. The Kier molecular flexibility index (Phi) is 7.15. The topological polar surface area (TPSA) is 99.8 Å². The van der Waals surface area contributed by atoms with Gasteiger partial charge < -0.3 is 14.6 Å². The Bertz CT molecular complexity index is 1480. The van der Waals surface area contributed by atoms with Crippen molar-refractivity contribution < 1.29 is 28.2 Å². The molecule has 37 heavy (non-hydrogen) atoms. The zero-order chi connectivity index (χ0) is 26.8. The molecule has 0 aliphatic carbocycles. The molecule has 0 bridgehead atoms. The second kappa shape index (κ2) is 10.2. The number of hydrogen-bond acceptors (Lipinski definition) is 5. The number of alkyl halides is 3. The van der Waals surface area contributed by atoms with Crippen LogP contribution in [0.2, 0.25) is 0 Å². The van der Waals surface area contributed by atoms with Gasteiger partial charge in [0.15, 0.2) is 5.65 Å². The summed E-state index contributed by atoms with van der Waals surface area (Å²) in [5.74, 6) is -1.26. The van der Waals surface area contributed by atoms with Crippen molar-refractivity contribution in [3.8, 4) is 11.3 Å². The molecular formula is C27H25F3N4O3. The Morgan fingerprint density at radius 3 is 2.59 bits per heavy atom. The number of aliphatic carboxylic acids is 1. The largest absolute Gasteiger partial charge is 0.480 e. The minimum atomic E-state index is -4.58. The van der Waals surface area contributed by atoms with Crippen LogP contribution in [-0.4, -0.2) is 42.7 Å².